The summed E-state index contributed by atoms with van der Waals surface area (Å²) in [6.45, 7) is 6.29. The summed E-state index contributed by atoms with van der Waals surface area (Å²) in [4.78, 5) is 25.4. The Morgan fingerprint density at radius 1 is 1.28 bits per heavy atom. The lowest BCUT2D eigenvalue weighted by molar-refractivity contribution is -0.127. The summed E-state index contributed by atoms with van der Waals surface area (Å²) in [5.74, 6) is -0.808. The maximum absolute atomic E-state index is 13.4. The highest BCUT2D eigenvalue weighted by atomic mass is 35.5. The third kappa shape index (κ3) is 4.41. The van der Waals surface area contributed by atoms with E-state index in [2.05, 4.69) is 25.2 Å². The lowest BCUT2D eigenvalue weighted by Crippen LogP contribution is -2.39. The Balaban J connectivity index is 1.93. The number of carboxylic acids is 1. The minimum Gasteiger partial charge on any atom is -0.478 e. The minimum atomic E-state index is -1.05. The van der Waals surface area contributed by atoms with E-state index in [9.17, 15) is 14.7 Å². The Hall–Kier alpha value is -2.11. The minimum absolute atomic E-state index is 0.0853. The summed E-state index contributed by atoms with van der Waals surface area (Å²) < 4.78 is 0. The topological polar surface area (TPSA) is 66.4 Å². The van der Waals surface area contributed by atoms with E-state index < -0.39 is 11.4 Å². The van der Waals surface area contributed by atoms with Crippen LogP contribution in [0.2, 0.25) is 5.02 Å². The summed E-state index contributed by atoms with van der Waals surface area (Å²) in [6.07, 6.45) is 5.43. The number of carbonyl (C=O) groups excluding carboxylic acids is 1. The Morgan fingerprint density at radius 2 is 1.97 bits per heavy atom. The molecule has 2 N–H and O–H groups in total. The van der Waals surface area contributed by atoms with Crippen LogP contribution >= 0.6 is 22.9 Å². The zero-order valence-corrected chi connectivity index (χ0v) is 18.5. The number of carbonyl (C=O) groups is 2. The van der Waals surface area contributed by atoms with Crippen molar-refractivity contribution in [3.63, 3.8) is 0 Å². The number of aromatic carboxylic acids is 1. The smallest absolute Gasteiger partial charge is 0.339 e. The molecule has 1 aliphatic rings. The van der Waals surface area contributed by atoms with Gasteiger partial charge in [-0.25, -0.2) is 4.79 Å². The molecule has 0 bridgehead atoms. The van der Waals surface area contributed by atoms with Gasteiger partial charge in [-0.2, -0.15) is 0 Å². The van der Waals surface area contributed by atoms with E-state index in [1.807, 2.05) is 6.92 Å². The van der Waals surface area contributed by atoms with Crippen LogP contribution < -0.4 is 5.32 Å². The third-order valence-corrected chi connectivity index (χ3v) is 6.95. The molecular weight excluding hydrogens is 406 g/mol. The van der Waals surface area contributed by atoms with Crippen LogP contribution in [0, 0.1) is 11.3 Å². The predicted octanol–water partition coefficient (Wildman–Crippen LogP) is 6.87. The van der Waals surface area contributed by atoms with Gasteiger partial charge in [-0.15, -0.1) is 11.3 Å². The molecule has 2 unspecified atom stereocenters. The summed E-state index contributed by atoms with van der Waals surface area (Å²) in [7, 11) is 0. The zero-order valence-electron chi connectivity index (χ0n) is 16.9. The monoisotopic (exact) mass is 431 g/mol. The van der Waals surface area contributed by atoms with Gasteiger partial charge in [0, 0.05) is 16.0 Å². The van der Waals surface area contributed by atoms with Crippen molar-refractivity contribution in [1.82, 2.24) is 0 Å². The number of amides is 1. The molecule has 1 aromatic heterocycles. The standard InChI is InChI=1S/C23H26ClNO3S/c1-4-15-10-14(3)11-23(5-2,12-15)22(28)25-20-19(21(26)27)18(13-29-20)16-6-8-17(24)9-7-16/h6-10,13-14H,4-5,11-12H2,1-3H3,(H,25,28)(H,26,27). The molecule has 6 heteroatoms. The molecule has 1 aliphatic carbocycles. The number of benzene rings is 1. The van der Waals surface area contributed by atoms with Gasteiger partial charge in [-0.05, 0) is 49.3 Å². The molecule has 1 amide bonds. The molecule has 4 nitrogen and oxygen atoms in total. The highest BCUT2D eigenvalue weighted by Gasteiger charge is 2.41. The molecule has 0 radical (unpaired) electrons. The summed E-state index contributed by atoms with van der Waals surface area (Å²) in [5.41, 5.74) is 2.28. The van der Waals surface area contributed by atoms with E-state index in [0.29, 0.717) is 21.5 Å². The van der Waals surface area contributed by atoms with Gasteiger partial charge in [0.05, 0.1) is 5.41 Å². The number of allylic oxidation sites excluding steroid dienone is 2. The van der Waals surface area contributed by atoms with Crippen LogP contribution in [0.25, 0.3) is 11.1 Å². The lowest BCUT2D eigenvalue weighted by atomic mass is 9.68. The first-order valence-electron chi connectivity index (χ1n) is 9.91. The van der Waals surface area contributed by atoms with Gasteiger partial charge in [0.25, 0.3) is 0 Å². The van der Waals surface area contributed by atoms with E-state index in [1.165, 1.54) is 16.9 Å². The summed E-state index contributed by atoms with van der Waals surface area (Å²) in [5, 5.41) is 15.6. The van der Waals surface area contributed by atoms with Crippen molar-refractivity contribution in [2.45, 2.75) is 46.5 Å². The van der Waals surface area contributed by atoms with Crippen LogP contribution in [0.4, 0.5) is 5.00 Å². The number of thiophene rings is 1. The van der Waals surface area contributed by atoms with Crippen molar-refractivity contribution >= 4 is 39.8 Å². The molecule has 3 rings (SSSR count). The Labute approximate surface area is 180 Å². The summed E-state index contributed by atoms with van der Waals surface area (Å²) in [6, 6.07) is 7.04. The van der Waals surface area contributed by atoms with E-state index in [1.54, 1.807) is 29.6 Å². The second-order valence-electron chi connectivity index (χ2n) is 7.79. The number of rotatable bonds is 6. The van der Waals surface area contributed by atoms with Gasteiger partial charge in [0.2, 0.25) is 5.91 Å². The lowest BCUT2D eigenvalue weighted by Gasteiger charge is -2.37. The Morgan fingerprint density at radius 3 is 2.55 bits per heavy atom. The van der Waals surface area contributed by atoms with Gasteiger partial charge < -0.3 is 10.4 Å². The van der Waals surface area contributed by atoms with Crippen LogP contribution in [0.3, 0.4) is 0 Å². The van der Waals surface area contributed by atoms with Crippen molar-refractivity contribution < 1.29 is 14.7 Å². The van der Waals surface area contributed by atoms with E-state index in [0.717, 1.165) is 31.2 Å². The molecule has 2 aromatic rings. The fraction of sp³-hybridized carbons (Fsp3) is 0.391. The number of hydrogen-bond donors (Lipinski definition) is 2. The van der Waals surface area contributed by atoms with Gasteiger partial charge in [-0.1, -0.05) is 56.2 Å². The van der Waals surface area contributed by atoms with Crippen LogP contribution in [-0.4, -0.2) is 17.0 Å². The third-order valence-electron chi connectivity index (χ3n) is 5.80. The molecule has 1 heterocycles. The van der Waals surface area contributed by atoms with E-state index in [4.69, 9.17) is 11.6 Å². The normalized spacial score (nSPS) is 21.5. The zero-order chi connectivity index (χ0) is 21.2. The van der Waals surface area contributed by atoms with Gasteiger partial charge >= 0.3 is 5.97 Å². The first-order valence-corrected chi connectivity index (χ1v) is 11.2. The molecule has 0 spiro atoms. The van der Waals surface area contributed by atoms with Crippen LogP contribution in [0.1, 0.15) is 56.8 Å². The van der Waals surface area contributed by atoms with Gasteiger partial charge in [-0.3, -0.25) is 4.79 Å². The van der Waals surface area contributed by atoms with Crippen molar-refractivity contribution in [3.05, 3.63) is 51.9 Å². The largest absolute Gasteiger partial charge is 0.478 e. The SMILES string of the molecule is CCC1=CC(C)CC(CC)(C(=O)Nc2scc(-c3ccc(Cl)cc3)c2C(=O)O)C1. The van der Waals surface area contributed by atoms with Crippen molar-refractivity contribution in [2.75, 3.05) is 5.32 Å². The van der Waals surface area contributed by atoms with Crippen molar-refractivity contribution in [3.8, 4) is 11.1 Å². The molecule has 2 atom stereocenters. The average Bonchev–Trinajstić information content (AvgIpc) is 3.11. The molecule has 0 aliphatic heterocycles. The first kappa shape index (κ1) is 21.6. The predicted molar refractivity (Wildman–Crippen MR) is 120 cm³/mol. The molecule has 0 fully saturated rings. The van der Waals surface area contributed by atoms with Gasteiger partial charge in [0.15, 0.2) is 0 Å². The highest BCUT2D eigenvalue weighted by Crippen LogP contribution is 2.44. The van der Waals surface area contributed by atoms with Crippen LogP contribution in [-0.2, 0) is 4.79 Å². The van der Waals surface area contributed by atoms with Crippen LogP contribution in [0.5, 0.6) is 0 Å². The first-order chi connectivity index (χ1) is 13.8. The molecule has 1 aromatic carbocycles. The van der Waals surface area contributed by atoms with Gasteiger partial charge in [0.1, 0.15) is 10.6 Å². The second-order valence-corrected chi connectivity index (χ2v) is 9.11. The molecule has 154 valence electrons. The maximum atomic E-state index is 13.4. The fourth-order valence-corrected chi connectivity index (χ4v) is 5.31. The number of nitrogens with one attached hydrogen (secondary N) is 1. The number of carboxylic acid groups (broad SMARTS) is 1. The van der Waals surface area contributed by atoms with Crippen molar-refractivity contribution in [2.24, 2.45) is 11.3 Å². The van der Waals surface area contributed by atoms with Crippen LogP contribution in [0.15, 0.2) is 41.3 Å². The average molecular weight is 432 g/mol. The van der Waals surface area contributed by atoms with Crippen molar-refractivity contribution in [1.29, 1.82) is 0 Å². The molecule has 0 saturated heterocycles. The molecule has 29 heavy (non-hydrogen) atoms. The Kier molecular flexibility index (Phi) is 6.49. The number of halogens is 1. The highest BCUT2D eigenvalue weighted by molar-refractivity contribution is 7.15. The number of hydrogen-bond acceptors (Lipinski definition) is 3. The summed E-state index contributed by atoms with van der Waals surface area (Å²) >= 11 is 7.21. The molecular formula is C23H26ClNO3S. The maximum Gasteiger partial charge on any atom is 0.339 e. The quantitative estimate of drug-likeness (QED) is 0.490. The second kappa shape index (κ2) is 8.72. The molecule has 0 saturated carbocycles. The Bertz CT molecular complexity index is 948. The van der Waals surface area contributed by atoms with E-state index >= 15 is 0 Å². The number of anilines is 1. The van der Waals surface area contributed by atoms with E-state index in [-0.39, 0.29) is 11.5 Å². The fourth-order valence-electron chi connectivity index (χ4n) is 4.23.